The highest BCUT2D eigenvalue weighted by molar-refractivity contribution is 5.13. The van der Waals surface area contributed by atoms with Crippen LogP contribution in [-0.2, 0) is 0 Å². The van der Waals surface area contributed by atoms with Crippen LogP contribution in [0.15, 0.2) is 0 Å². The van der Waals surface area contributed by atoms with Gasteiger partial charge < -0.3 is 9.80 Å². The molecule has 1 saturated heterocycles. The highest BCUT2D eigenvalue weighted by atomic mass is 15.2. The van der Waals surface area contributed by atoms with Crippen molar-refractivity contribution >= 4 is 0 Å². The lowest BCUT2D eigenvalue weighted by atomic mass is 9.54. The van der Waals surface area contributed by atoms with Crippen LogP contribution in [0.1, 0.15) is 26.2 Å². The van der Waals surface area contributed by atoms with Crippen LogP contribution in [-0.4, -0.2) is 49.6 Å². The van der Waals surface area contributed by atoms with Gasteiger partial charge in [0, 0.05) is 17.5 Å². The van der Waals surface area contributed by atoms with Crippen LogP contribution in [0.4, 0.5) is 0 Å². The molecule has 1 aliphatic carbocycles. The van der Waals surface area contributed by atoms with E-state index in [0.29, 0.717) is 11.0 Å². The second-order valence-electron chi connectivity index (χ2n) is 5.44. The molecular weight excluding hydrogens is 160 g/mol. The Morgan fingerprint density at radius 1 is 1.15 bits per heavy atom. The van der Waals surface area contributed by atoms with Gasteiger partial charge in [0.15, 0.2) is 0 Å². The summed E-state index contributed by atoms with van der Waals surface area (Å²) in [6.45, 7) is 5.04. The van der Waals surface area contributed by atoms with E-state index in [9.17, 15) is 0 Å². The third-order valence-electron chi connectivity index (χ3n) is 4.76. The molecule has 0 aromatic heterocycles. The second kappa shape index (κ2) is 2.71. The number of hydrogen-bond donors (Lipinski definition) is 0. The van der Waals surface area contributed by atoms with Crippen molar-refractivity contribution in [3.05, 3.63) is 0 Å². The van der Waals surface area contributed by atoms with Crippen molar-refractivity contribution < 1.29 is 0 Å². The zero-order valence-corrected chi connectivity index (χ0v) is 9.43. The van der Waals surface area contributed by atoms with Crippen LogP contribution in [0.5, 0.6) is 0 Å². The van der Waals surface area contributed by atoms with Crippen molar-refractivity contribution in [2.45, 2.75) is 31.7 Å². The molecule has 1 spiro atoms. The first-order valence-electron chi connectivity index (χ1n) is 5.36. The SMILES string of the molecule is CN1CCC2(CCC2(C)N(C)C)C1. The third-order valence-corrected chi connectivity index (χ3v) is 4.76. The van der Waals surface area contributed by atoms with Gasteiger partial charge in [0.25, 0.3) is 0 Å². The fourth-order valence-electron chi connectivity index (χ4n) is 3.26. The fraction of sp³-hybridized carbons (Fsp3) is 1.00. The summed E-state index contributed by atoms with van der Waals surface area (Å²) in [4.78, 5) is 4.93. The van der Waals surface area contributed by atoms with Gasteiger partial charge in [-0.1, -0.05) is 0 Å². The molecule has 0 radical (unpaired) electrons. The Bertz CT molecular complexity index is 214. The maximum Gasteiger partial charge on any atom is 0.0244 e. The molecule has 0 aromatic carbocycles. The van der Waals surface area contributed by atoms with Gasteiger partial charge in [-0.25, -0.2) is 0 Å². The summed E-state index contributed by atoms with van der Waals surface area (Å²) in [7, 11) is 6.72. The molecule has 0 aromatic rings. The summed E-state index contributed by atoms with van der Waals surface area (Å²) in [5.74, 6) is 0. The van der Waals surface area contributed by atoms with E-state index in [1.807, 2.05) is 0 Å². The monoisotopic (exact) mass is 182 g/mol. The lowest BCUT2D eigenvalue weighted by Gasteiger charge is -2.60. The van der Waals surface area contributed by atoms with Crippen LogP contribution in [0.25, 0.3) is 0 Å². The largest absolute Gasteiger partial charge is 0.306 e. The van der Waals surface area contributed by atoms with E-state index >= 15 is 0 Å². The summed E-state index contributed by atoms with van der Waals surface area (Å²) in [5.41, 5.74) is 1.09. The Morgan fingerprint density at radius 3 is 2.15 bits per heavy atom. The molecule has 2 atom stereocenters. The van der Waals surface area contributed by atoms with Gasteiger partial charge in [0.2, 0.25) is 0 Å². The lowest BCUT2D eigenvalue weighted by molar-refractivity contribution is -0.0786. The minimum absolute atomic E-state index is 0.470. The van der Waals surface area contributed by atoms with E-state index in [2.05, 4.69) is 37.9 Å². The molecule has 1 saturated carbocycles. The zero-order chi connectivity index (χ0) is 9.69. The van der Waals surface area contributed by atoms with Crippen LogP contribution < -0.4 is 0 Å². The Hall–Kier alpha value is -0.0800. The average molecular weight is 182 g/mol. The Balaban J connectivity index is 2.17. The smallest absolute Gasteiger partial charge is 0.0244 e. The van der Waals surface area contributed by atoms with Crippen molar-refractivity contribution in [3.8, 4) is 0 Å². The molecule has 1 aliphatic heterocycles. The number of nitrogens with zero attached hydrogens (tertiary/aromatic N) is 2. The van der Waals surface area contributed by atoms with Gasteiger partial charge in [-0.05, 0) is 53.9 Å². The lowest BCUT2D eigenvalue weighted by Crippen LogP contribution is -2.63. The van der Waals surface area contributed by atoms with Crippen molar-refractivity contribution in [3.63, 3.8) is 0 Å². The number of likely N-dealkylation sites (tertiary alicyclic amines) is 1. The minimum atomic E-state index is 0.470. The van der Waals surface area contributed by atoms with Crippen LogP contribution in [0, 0.1) is 5.41 Å². The second-order valence-corrected chi connectivity index (χ2v) is 5.44. The summed E-state index contributed by atoms with van der Waals surface area (Å²) < 4.78 is 0. The van der Waals surface area contributed by atoms with Crippen molar-refractivity contribution in [1.29, 1.82) is 0 Å². The quantitative estimate of drug-likeness (QED) is 0.605. The van der Waals surface area contributed by atoms with Gasteiger partial charge in [-0.3, -0.25) is 0 Å². The first-order chi connectivity index (χ1) is 6.00. The Kier molecular flexibility index (Phi) is 1.97. The van der Waals surface area contributed by atoms with E-state index in [4.69, 9.17) is 0 Å². The number of rotatable bonds is 1. The topological polar surface area (TPSA) is 6.48 Å². The molecule has 2 nitrogen and oxygen atoms in total. The molecule has 0 N–H and O–H groups in total. The molecule has 0 bridgehead atoms. The fourth-order valence-corrected chi connectivity index (χ4v) is 3.26. The van der Waals surface area contributed by atoms with Gasteiger partial charge in [-0.2, -0.15) is 0 Å². The first kappa shape index (κ1) is 9.47. The van der Waals surface area contributed by atoms with Gasteiger partial charge >= 0.3 is 0 Å². The van der Waals surface area contributed by atoms with Crippen LogP contribution in [0.3, 0.4) is 0 Å². The summed E-state index contributed by atoms with van der Waals surface area (Å²) in [6.07, 6.45) is 4.22. The van der Waals surface area contributed by atoms with Gasteiger partial charge in [0.05, 0.1) is 0 Å². The molecule has 13 heavy (non-hydrogen) atoms. The highest BCUT2D eigenvalue weighted by Crippen LogP contribution is 2.57. The van der Waals surface area contributed by atoms with E-state index in [1.165, 1.54) is 32.4 Å². The first-order valence-corrected chi connectivity index (χ1v) is 5.36. The summed E-state index contributed by atoms with van der Waals surface area (Å²) >= 11 is 0. The maximum absolute atomic E-state index is 2.49. The number of hydrogen-bond acceptors (Lipinski definition) is 2. The average Bonchev–Trinajstić information content (AvgIpc) is 2.46. The zero-order valence-electron chi connectivity index (χ0n) is 9.43. The van der Waals surface area contributed by atoms with Crippen LogP contribution >= 0.6 is 0 Å². The third kappa shape index (κ3) is 1.08. The molecule has 2 rings (SSSR count). The predicted octanol–water partition coefficient (Wildman–Crippen LogP) is 1.42. The Labute approximate surface area is 81.9 Å². The van der Waals surface area contributed by atoms with Crippen molar-refractivity contribution in [1.82, 2.24) is 9.80 Å². The van der Waals surface area contributed by atoms with Gasteiger partial charge in [0.1, 0.15) is 0 Å². The van der Waals surface area contributed by atoms with Crippen molar-refractivity contribution in [2.24, 2.45) is 5.41 Å². The molecule has 76 valence electrons. The minimum Gasteiger partial charge on any atom is -0.306 e. The highest BCUT2D eigenvalue weighted by Gasteiger charge is 2.58. The van der Waals surface area contributed by atoms with Crippen molar-refractivity contribution in [2.75, 3.05) is 34.2 Å². The molecule has 2 fully saturated rings. The normalized spacial score (nSPS) is 45.9. The van der Waals surface area contributed by atoms with E-state index in [0.717, 1.165) is 0 Å². The summed E-state index contributed by atoms with van der Waals surface area (Å²) in [6, 6.07) is 0. The molecule has 2 unspecified atom stereocenters. The van der Waals surface area contributed by atoms with Crippen LogP contribution in [0.2, 0.25) is 0 Å². The molecule has 2 aliphatic rings. The van der Waals surface area contributed by atoms with E-state index in [1.54, 1.807) is 0 Å². The molecule has 1 heterocycles. The predicted molar refractivity (Wildman–Crippen MR) is 55.9 cm³/mol. The Morgan fingerprint density at radius 2 is 1.85 bits per heavy atom. The van der Waals surface area contributed by atoms with Gasteiger partial charge in [-0.15, -0.1) is 0 Å². The molecule has 2 heteroatoms. The van der Waals surface area contributed by atoms with E-state index < -0.39 is 0 Å². The standard InChI is InChI=1S/C11H22N2/c1-10(12(2)3)5-6-11(10)7-8-13(4)9-11/h5-9H2,1-4H3. The summed E-state index contributed by atoms with van der Waals surface area (Å²) in [5, 5.41) is 0. The molecular formula is C11H22N2. The van der Waals surface area contributed by atoms with E-state index in [-0.39, 0.29) is 0 Å². The molecule has 0 amide bonds. The maximum atomic E-state index is 2.49.